The van der Waals surface area contributed by atoms with Crippen LogP contribution in [0, 0.1) is 5.92 Å². The Bertz CT molecular complexity index is 1000. The molecule has 2 aromatic rings. The van der Waals surface area contributed by atoms with Crippen molar-refractivity contribution in [3.63, 3.8) is 0 Å². The first-order chi connectivity index (χ1) is 14.3. The molecule has 0 unspecified atom stereocenters. The Balaban J connectivity index is 1.60. The van der Waals surface area contributed by atoms with Crippen LogP contribution in [0.3, 0.4) is 0 Å². The second-order valence-electron chi connectivity index (χ2n) is 7.11. The molecule has 30 heavy (non-hydrogen) atoms. The molecule has 9 heteroatoms. The van der Waals surface area contributed by atoms with Crippen LogP contribution < -0.4 is 14.8 Å². The number of anilines is 1. The summed E-state index contributed by atoms with van der Waals surface area (Å²) in [6.45, 7) is 0.646. The van der Waals surface area contributed by atoms with Crippen molar-refractivity contribution in [1.82, 2.24) is 4.31 Å². The molecule has 162 valence electrons. The number of sulfonamides is 1. The lowest BCUT2D eigenvalue weighted by Crippen LogP contribution is -2.41. The smallest absolute Gasteiger partial charge is 0.227 e. The van der Waals surface area contributed by atoms with E-state index in [9.17, 15) is 13.2 Å². The van der Waals surface area contributed by atoms with Crippen LogP contribution in [0.2, 0.25) is 0 Å². The van der Waals surface area contributed by atoms with Crippen molar-refractivity contribution < 1.29 is 22.7 Å². The molecule has 0 spiro atoms. The van der Waals surface area contributed by atoms with Crippen LogP contribution in [0.5, 0.6) is 11.5 Å². The standard InChI is InChI=1S/C21H25BrN2O5S/c1-28-18-6-7-20(29-2)19(13-18)23-21(25)16-8-10-24(11-9-16)30(26,27)14-15-4-3-5-17(22)12-15/h3-7,12-13,16H,8-11,14H2,1-2H3,(H,23,25). The van der Waals surface area contributed by atoms with Crippen LogP contribution in [0.15, 0.2) is 46.9 Å². The molecule has 1 saturated heterocycles. The van der Waals surface area contributed by atoms with Crippen molar-refractivity contribution in [2.45, 2.75) is 18.6 Å². The number of rotatable bonds is 7. The summed E-state index contributed by atoms with van der Waals surface area (Å²) in [5, 5.41) is 2.89. The van der Waals surface area contributed by atoms with Gasteiger partial charge in [0, 0.05) is 29.5 Å². The summed E-state index contributed by atoms with van der Waals surface area (Å²) in [5.74, 6) is 0.686. The van der Waals surface area contributed by atoms with Gasteiger partial charge in [-0.25, -0.2) is 12.7 Å². The molecule has 0 aromatic heterocycles. The van der Waals surface area contributed by atoms with E-state index in [1.54, 1.807) is 37.4 Å². The molecule has 0 bridgehead atoms. The maximum atomic E-state index is 12.8. The molecular formula is C21H25BrN2O5S. The topological polar surface area (TPSA) is 84.9 Å². The Morgan fingerprint density at radius 1 is 1.13 bits per heavy atom. The van der Waals surface area contributed by atoms with E-state index in [2.05, 4.69) is 21.2 Å². The van der Waals surface area contributed by atoms with E-state index in [-0.39, 0.29) is 17.6 Å². The number of hydrogen-bond acceptors (Lipinski definition) is 5. The fourth-order valence-corrected chi connectivity index (χ4v) is 5.47. The zero-order valence-electron chi connectivity index (χ0n) is 16.9. The van der Waals surface area contributed by atoms with Crippen molar-refractivity contribution in [3.05, 3.63) is 52.5 Å². The predicted molar refractivity (Wildman–Crippen MR) is 119 cm³/mol. The molecule has 3 rings (SSSR count). The second-order valence-corrected chi connectivity index (χ2v) is 10.00. The molecule has 7 nitrogen and oxygen atoms in total. The van der Waals surface area contributed by atoms with E-state index in [0.29, 0.717) is 43.1 Å². The molecule has 2 aromatic carbocycles. The Morgan fingerprint density at radius 2 is 1.87 bits per heavy atom. The van der Waals surface area contributed by atoms with Crippen LogP contribution in [-0.2, 0) is 20.6 Å². The second kappa shape index (κ2) is 9.80. The summed E-state index contributed by atoms with van der Waals surface area (Å²) in [6, 6.07) is 12.5. The average molecular weight is 497 g/mol. The van der Waals surface area contributed by atoms with Gasteiger partial charge in [-0.2, -0.15) is 0 Å². The van der Waals surface area contributed by atoms with Crippen LogP contribution >= 0.6 is 15.9 Å². The maximum absolute atomic E-state index is 12.8. The Hall–Kier alpha value is -2.10. The number of ether oxygens (including phenoxy) is 2. The number of amides is 1. The highest BCUT2D eigenvalue weighted by atomic mass is 79.9. The minimum absolute atomic E-state index is 0.0513. The van der Waals surface area contributed by atoms with Gasteiger partial charge in [-0.05, 0) is 42.7 Å². The van der Waals surface area contributed by atoms with E-state index >= 15 is 0 Å². The van der Waals surface area contributed by atoms with E-state index in [0.717, 1.165) is 10.0 Å². The quantitative estimate of drug-likeness (QED) is 0.632. The van der Waals surface area contributed by atoms with Gasteiger partial charge in [0.25, 0.3) is 0 Å². The lowest BCUT2D eigenvalue weighted by atomic mass is 9.97. The van der Waals surface area contributed by atoms with Gasteiger partial charge in [0.15, 0.2) is 0 Å². The Kier molecular flexibility index (Phi) is 7.38. The third-order valence-electron chi connectivity index (χ3n) is 5.12. The van der Waals surface area contributed by atoms with Crippen molar-refractivity contribution >= 4 is 37.5 Å². The first kappa shape index (κ1) is 22.6. The summed E-state index contributed by atoms with van der Waals surface area (Å²) in [6.07, 6.45) is 0.936. The van der Waals surface area contributed by atoms with Crippen LogP contribution in [0.25, 0.3) is 0 Å². The molecule has 1 heterocycles. The minimum Gasteiger partial charge on any atom is -0.497 e. The normalized spacial score (nSPS) is 15.6. The van der Waals surface area contributed by atoms with Gasteiger partial charge in [0.2, 0.25) is 15.9 Å². The van der Waals surface area contributed by atoms with Gasteiger partial charge < -0.3 is 14.8 Å². The van der Waals surface area contributed by atoms with Crippen molar-refractivity contribution in [1.29, 1.82) is 0 Å². The van der Waals surface area contributed by atoms with Gasteiger partial charge in [0.05, 0.1) is 25.7 Å². The number of benzene rings is 2. The first-order valence-corrected chi connectivity index (χ1v) is 12.0. The lowest BCUT2D eigenvalue weighted by Gasteiger charge is -2.30. The average Bonchev–Trinajstić information content (AvgIpc) is 2.73. The largest absolute Gasteiger partial charge is 0.497 e. The number of carbonyl (C=O) groups excluding carboxylic acids is 1. The van der Waals surface area contributed by atoms with E-state index < -0.39 is 10.0 Å². The molecule has 0 atom stereocenters. The molecule has 0 saturated carbocycles. The number of piperidine rings is 1. The van der Waals surface area contributed by atoms with Crippen LogP contribution in [-0.4, -0.2) is 45.9 Å². The molecule has 1 fully saturated rings. The molecule has 1 amide bonds. The van der Waals surface area contributed by atoms with Crippen LogP contribution in [0.4, 0.5) is 5.69 Å². The van der Waals surface area contributed by atoms with Crippen molar-refractivity contribution in [2.75, 3.05) is 32.6 Å². The fraction of sp³-hybridized carbons (Fsp3) is 0.381. The number of halogens is 1. The molecule has 0 radical (unpaired) electrons. The highest BCUT2D eigenvalue weighted by Gasteiger charge is 2.31. The van der Waals surface area contributed by atoms with Crippen LogP contribution in [0.1, 0.15) is 18.4 Å². The maximum Gasteiger partial charge on any atom is 0.227 e. The molecule has 0 aliphatic carbocycles. The van der Waals surface area contributed by atoms with Gasteiger partial charge in [-0.1, -0.05) is 28.1 Å². The first-order valence-electron chi connectivity index (χ1n) is 9.57. The Labute approximate surface area is 185 Å². The van der Waals surface area contributed by atoms with Crippen molar-refractivity contribution in [3.8, 4) is 11.5 Å². The summed E-state index contributed by atoms with van der Waals surface area (Å²) >= 11 is 3.37. The third-order valence-corrected chi connectivity index (χ3v) is 7.46. The lowest BCUT2D eigenvalue weighted by molar-refractivity contribution is -0.120. The molecule has 1 aliphatic heterocycles. The summed E-state index contributed by atoms with van der Waals surface area (Å²) in [7, 11) is -0.349. The summed E-state index contributed by atoms with van der Waals surface area (Å²) < 4.78 is 38.4. The number of methoxy groups -OCH3 is 2. The van der Waals surface area contributed by atoms with E-state index in [1.165, 1.54) is 11.4 Å². The molecule has 1 N–H and O–H groups in total. The molecule has 1 aliphatic rings. The Morgan fingerprint density at radius 3 is 2.50 bits per heavy atom. The fourth-order valence-electron chi connectivity index (χ4n) is 3.47. The van der Waals surface area contributed by atoms with Gasteiger partial charge >= 0.3 is 0 Å². The SMILES string of the molecule is COc1ccc(OC)c(NC(=O)C2CCN(S(=O)(=O)Cc3cccc(Br)c3)CC2)c1. The van der Waals surface area contributed by atoms with E-state index in [1.807, 2.05) is 12.1 Å². The zero-order valence-corrected chi connectivity index (χ0v) is 19.3. The third kappa shape index (κ3) is 5.53. The number of hydrogen-bond donors (Lipinski definition) is 1. The van der Waals surface area contributed by atoms with Gasteiger partial charge in [-0.3, -0.25) is 4.79 Å². The number of nitrogens with zero attached hydrogens (tertiary/aromatic N) is 1. The molecular weight excluding hydrogens is 472 g/mol. The minimum atomic E-state index is -3.44. The van der Waals surface area contributed by atoms with Gasteiger partial charge in [-0.15, -0.1) is 0 Å². The van der Waals surface area contributed by atoms with Crippen molar-refractivity contribution in [2.24, 2.45) is 5.92 Å². The number of carbonyl (C=O) groups is 1. The highest BCUT2D eigenvalue weighted by Crippen LogP contribution is 2.30. The summed E-state index contributed by atoms with van der Waals surface area (Å²) in [4.78, 5) is 12.7. The monoisotopic (exact) mass is 496 g/mol. The zero-order chi connectivity index (χ0) is 21.7. The highest BCUT2D eigenvalue weighted by molar-refractivity contribution is 9.10. The summed E-state index contributed by atoms with van der Waals surface area (Å²) in [5.41, 5.74) is 1.26. The van der Waals surface area contributed by atoms with E-state index in [4.69, 9.17) is 9.47 Å². The predicted octanol–water partition coefficient (Wildman–Crippen LogP) is 3.65. The number of nitrogens with one attached hydrogen (secondary N) is 1. The van der Waals surface area contributed by atoms with Gasteiger partial charge in [0.1, 0.15) is 11.5 Å².